The molecule has 1 aliphatic rings. The summed E-state index contributed by atoms with van der Waals surface area (Å²) in [5.41, 5.74) is 5.37. The maximum absolute atomic E-state index is 12.0. The third-order valence-electron chi connectivity index (χ3n) is 3.64. The summed E-state index contributed by atoms with van der Waals surface area (Å²) in [6.07, 6.45) is 0. The van der Waals surface area contributed by atoms with E-state index in [1.54, 1.807) is 38.3 Å². The number of nitriles is 1. The molecule has 0 spiro atoms. The standard InChI is InChI=1S/C13H16N2O3S/c1-3-19(16,17)12-11(13(12,15)8-14)9-4-6-10(18-2)7-5-9/h4-7,11-12H,3,15H2,1-2H3/t11-,12+,13+/m0/s1. The van der Waals surface area contributed by atoms with E-state index in [1.807, 2.05) is 6.07 Å². The number of methoxy groups -OCH3 is 1. The van der Waals surface area contributed by atoms with Gasteiger partial charge in [0, 0.05) is 11.7 Å². The first-order valence-corrected chi connectivity index (χ1v) is 7.68. The molecule has 0 radical (unpaired) electrons. The van der Waals surface area contributed by atoms with Gasteiger partial charge in [-0.05, 0) is 17.7 Å². The second-order valence-corrected chi connectivity index (χ2v) is 7.08. The van der Waals surface area contributed by atoms with E-state index >= 15 is 0 Å². The molecular formula is C13H16N2O3S. The van der Waals surface area contributed by atoms with Crippen molar-refractivity contribution in [2.24, 2.45) is 5.73 Å². The lowest BCUT2D eigenvalue weighted by molar-refractivity contribution is 0.414. The highest BCUT2D eigenvalue weighted by Crippen LogP contribution is 2.54. The average Bonchev–Trinajstić information content (AvgIpc) is 3.07. The highest BCUT2D eigenvalue weighted by molar-refractivity contribution is 7.92. The van der Waals surface area contributed by atoms with Crippen LogP contribution in [0.4, 0.5) is 0 Å². The molecule has 6 heteroatoms. The van der Waals surface area contributed by atoms with Crippen LogP contribution in [-0.2, 0) is 9.84 Å². The molecular weight excluding hydrogens is 264 g/mol. The monoisotopic (exact) mass is 280 g/mol. The number of nitrogens with two attached hydrogens (primary N) is 1. The lowest BCUT2D eigenvalue weighted by atomic mass is 10.1. The second kappa shape index (κ2) is 4.51. The molecule has 19 heavy (non-hydrogen) atoms. The zero-order valence-corrected chi connectivity index (χ0v) is 11.6. The SMILES string of the molecule is CCS(=O)(=O)[C@@H]1[C@H](c2ccc(OC)cc2)[C@]1(N)C#N. The minimum atomic E-state index is -3.34. The van der Waals surface area contributed by atoms with Gasteiger partial charge in [-0.3, -0.25) is 0 Å². The number of sulfone groups is 1. The maximum Gasteiger partial charge on any atom is 0.156 e. The van der Waals surface area contributed by atoms with Gasteiger partial charge in [-0.25, -0.2) is 8.42 Å². The summed E-state index contributed by atoms with van der Waals surface area (Å²) in [6, 6.07) is 8.94. The predicted octanol–water partition coefficient (Wildman–Crippen LogP) is 0.817. The average molecular weight is 280 g/mol. The molecule has 1 aromatic carbocycles. The Labute approximate surface area is 112 Å². The number of ether oxygens (including phenoxy) is 1. The van der Waals surface area contributed by atoms with Crippen molar-refractivity contribution in [1.82, 2.24) is 0 Å². The summed E-state index contributed by atoms with van der Waals surface area (Å²) >= 11 is 0. The van der Waals surface area contributed by atoms with Crippen LogP contribution in [-0.4, -0.2) is 32.1 Å². The molecule has 1 aliphatic carbocycles. The zero-order valence-electron chi connectivity index (χ0n) is 10.8. The van der Waals surface area contributed by atoms with E-state index in [0.717, 1.165) is 5.56 Å². The maximum atomic E-state index is 12.0. The van der Waals surface area contributed by atoms with E-state index in [0.29, 0.717) is 5.75 Å². The first-order chi connectivity index (χ1) is 8.90. The fraction of sp³-hybridized carbons (Fsp3) is 0.462. The predicted molar refractivity (Wildman–Crippen MR) is 71.5 cm³/mol. The van der Waals surface area contributed by atoms with Crippen molar-refractivity contribution < 1.29 is 13.2 Å². The first-order valence-electron chi connectivity index (χ1n) is 5.96. The van der Waals surface area contributed by atoms with Gasteiger partial charge < -0.3 is 10.5 Å². The largest absolute Gasteiger partial charge is 0.497 e. The third kappa shape index (κ3) is 2.09. The normalized spacial score (nSPS) is 29.6. The van der Waals surface area contributed by atoms with Crippen LogP contribution in [0.25, 0.3) is 0 Å². The Morgan fingerprint density at radius 1 is 1.42 bits per heavy atom. The topological polar surface area (TPSA) is 93.2 Å². The van der Waals surface area contributed by atoms with E-state index in [4.69, 9.17) is 15.7 Å². The fourth-order valence-electron chi connectivity index (χ4n) is 2.45. The Morgan fingerprint density at radius 2 is 2.00 bits per heavy atom. The molecule has 3 atom stereocenters. The van der Waals surface area contributed by atoms with Crippen LogP contribution < -0.4 is 10.5 Å². The summed E-state index contributed by atoms with van der Waals surface area (Å²) in [7, 11) is -1.78. The van der Waals surface area contributed by atoms with E-state index in [-0.39, 0.29) is 5.75 Å². The van der Waals surface area contributed by atoms with Crippen molar-refractivity contribution in [2.75, 3.05) is 12.9 Å². The van der Waals surface area contributed by atoms with Crippen molar-refractivity contribution >= 4 is 9.84 Å². The van der Waals surface area contributed by atoms with Gasteiger partial charge >= 0.3 is 0 Å². The van der Waals surface area contributed by atoms with Crippen LogP contribution >= 0.6 is 0 Å². The first kappa shape index (κ1) is 13.8. The van der Waals surface area contributed by atoms with E-state index in [9.17, 15) is 8.42 Å². The van der Waals surface area contributed by atoms with Crippen LogP contribution in [0.3, 0.4) is 0 Å². The van der Waals surface area contributed by atoms with Gasteiger partial charge in [0.05, 0.1) is 13.2 Å². The lowest BCUT2D eigenvalue weighted by Gasteiger charge is -2.03. The molecule has 2 N–H and O–H groups in total. The molecule has 0 bridgehead atoms. The Balaban J connectivity index is 2.37. The van der Waals surface area contributed by atoms with Gasteiger partial charge in [-0.15, -0.1) is 0 Å². The van der Waals surface area contributed by atoms with E-state index in [2.05, 4.69) is 0 Å². The van der Waals surface area contributed by atoms with Gasteiger partial charge in [0.15, 0.2) is 9.84 Å². The van der Waals surface area contributed by atoms with Crippen LogP contribution in [0.1, 0.15) is 18.4 Å². The quantitative estimate of drug-likeness (QED) is 0.881. The summed E-state index contributed by atoms with van der Waals surface area (Å²) in [6.45, 7) is 1.57. The molecule has 102 valence electrons. The molecule has 0 saturated heterocycles. The molecule has 0 aromatic heterocycles. The number of benzene rings is 1. The molecule has 0 unspecified atom stereocenters. The van der Waals surface area contributed by atoms with Crippen molar-refractivity contribution in [2.45, 2.75) is 23.6 Å². The minimum absolute atomic E-state index is 0.00898. The summed E-state index contributed by atoms with van der Waals surface area (Å²) in [5.74, 6) is 0.206. The van der Waals surface area contributed by atoms with E-state index in [1.165, 1.54) is 0 Å². The molecule has 0 heterocycles. The zero-order chi connectivity index (χ0) is 14.3. The summed E-state index contributed by atoms with van der Waals surface area (Å²) < 4.78 is 29.0. The van der Waals surface area contributed by atoms with E-state index < -0.39 is 26.5 Å². The summed E-state index contributed by atoms with van der Waals surface area (Å²) in [5, 5.41) is 8.35. The van der Waals surface area contributed by atoms with Gasteiger partial charge in [0.1, 0.15) is 16.5 Å². The van der Waals surface area contributed by atoms with Crippen molar-refractivity contribution in [3.63, 3.8) is 0 Å². The van der Waals surface area contributed by atoms with Gasteiger partial charge in [0.2, 0.25) is 0 Å². The fourth-order valence-corrected chi connectivity index (χ4v) is 4.32. The second-order valence-electron chi connectivity index (χ2n) is 4.67. The molecule has 0 amide bonds. The highest BCUT2D eigenvalue weighted by atomic mass is 32.2. The minimum Gasteiger partial charge on any atom is -0.497 e. The van der Waals surface area contributed by atoms with Crippen LogP contribution in [0.15, 0.2) is 24.3 Å². The van der Waals surface area contributed by atoms with Gasteiger partial charge in [-0.2, -0.15) is 5.26 Å². The number of rotatable bonds is 4. The third-order valence-corrected chi connectivity index (χ3v) is 5.88. The Morgan fingerprint density at radius 3 is 2.42 bits per heavy atom. The molecule has 1 fully saturated rings. The lowest BCUT2D eigenvalue weighted by Crippen LogP contribution is -2.29. The smallest absolute Gasteiger partial charge is 0.156 e. The Hall–Kier alpha value is -1.58. The number of nitrogens with zero attached hydrogens (tertiary/aromatic N) is 1. The Kier molecular flexibility index (Phi) is 3.29. The highest BCUT2D eigenvalue weighted by Gasteiger charge is 2.69. The van der Waals surface area contributed by atoms with Crippen molar-refractivity contribution in [1.29, 1.82) is 5.26 Å². The Bertz CT molecular complexity index is 618. The molecule has 0 aliphatic heterocycles. The molecule has 2 rings (SSSR count). The van der Waals surface area contributed by atoms with Crippen molar-refractivity contribution in [3.8, 4) is 11.8 Å². The summed E-state index contributed by atoms with van der Waals surface area (Å²) in [4.78, 5) is 0. The molecule has 1 aromatic rings. The van der Waals surface area contributed by atoms with Crippen LogP contribution in [0.5, 0.6) is 5.75 Å². The van der Waals surface area contributed by atoms with Crippen molar-refractivity contribution in [3.05, 3.63) is 29.8 Å². The van der Waals surface area contributed by atoms with Crippen LogP contribution in [0, 0.1) is 11.3 Å². The number of hydrogen-bond acceptors (Lipinski definition) is 5. The van der Waals surface area contributed by atoms with Gasteiger partial charge in [-0.1, -0.05) is 19.1 Å². The molecule has 1 saturated carbocycles. The van der Waals surface area contributed by atoms with Gasteiger partial charge in [0.25, 0.3) is 0 Å². The van der Waals surface area contributed by atoms with Crippen LogP contribution in [0.2, 0.25) is 0 Å². The number of hydrogen-bond donors (Lipinski definition) is 1. The molecule has 5 nitrogen and oxygen atoms in total.